The number of benzene rings is 2. The first-order chi connectivity index (χ1) is 13.5. The molecule has 0 bridgehead atoms. The Morgan fingerprint density at radius 1 is 1.07 bits per heavy atom. The second-order valence-corrected chi connectivity index (χ2v) is 6.60. The Bertz CT molecular complexity index is 893. The first-order valence-electron chi connectivity index (χ1n) is 8.49. The first-order valence-corrected chi connectivity index (χ1v) is 8.49. The van der Waals surface area contributed by atoms with E-state index in [0.717, 1.165) is 18.2 Å². The minimum atomic E-state index is -4.82. The molecule has 1 unspecified atom stereocenters. The van der Waals surface area contributed by atoms with E-state index in [0.29, 0.717) is 23.0 Å². The third-order valence-electron chi connectivity index (χ3n) is 4.60. The second-order valence-electron chi connectivity index (χ2n) is 6.60. The molecule has 0 radical (unpaired) electrons. The number of ether oxygens (including phenoxy) is 1. The molecule has 4 nitrogen and oxygen atoms in total. The zero-order chi connectivity index (χ0) is 21.4. The normalized spacial score (nSPS) is 17.3. The van der Waals surface area contributed by atoms with Crippen LogP contribution >= 0.6 is 0 Å². The molecule has 1 aliphatic rings. The molecule has 2 aromatic rings. The van der Waals surface area contributed by atoms with Gasteiger partial charge in [0.25, 0.3) is 0 Å². The Labute approximate surface area is 161 Å². The number of nitrogens with two attached hydrogens (primary N) is 1. The number of rotatable bonds is 5. The van der Waals surface area contributed by atoms with Crippen LogP contribution in [0.1, 0.15) is 33.9 Å². The topological polar surface area (TPSA) is 55.6 Å². The number of halogens is 6. The lowest BCUT2D eigenvalue weighted by atomic mass is 9.95. The van der Waals surface area contributed by atoms with Crippen LogP contribution in [0, 0.1) is 0 Å². The molecule has 0 amide bonds. The highest BCUT2D eigenvalue weighted by molar-refractivity contribution is 5.67. The van der Waals surface area contributed by atoms with Gasteiger partial charge in [-0.15, -0.1) is 13.2 Å². The fourth-order valence-corrected chi connectivity index (χ4v) is 3.45. The fraction of sp³-hybridized carbons (Fsp3) is 0.316. The molecule has 3 rings (SSSR count). The lowest BCUT2D eigenvalue weighted by molar-refractivity contribution is -0.274. The molecule has 0 aromatic heterocycles. The lowest BCUT2D eigenvalue weighted by Gasteiger charge is -2.22. The van der Waals surface area contributed by atoms with Crippen LogP contribution in [0.15, 0.2) is 36.4 Å². The molecule has 0 saturated carbocycles. The summed E-state index contributed by atoms with van der Waals surface area (Å²) in [6.45, 7) is 0.0683. The summed E-state index contributed by atoms with van der Waals surface area (Å²) in [5.74, 6) is -0.412. The Morgan fingerprint density at radius 3 is 2.24 bits per heavy atom. The summed E-state index contributed by atoms with van der Waals surface area (Å²) >= 11 is 0. The number of nitrogens with zero attached hydrogens (tertiary/aromatic N) is 1. The van der Waals surface area contributed by atoms with Gasteiger partial charge < -0.3 is 15.3 Å². The van der Waals surface area contributed by atoms with Crippen LogP contribution in [-0.2, 0) is 30.6 Å². The van der Waals surface area contributed by atoms with Gasteiger partial charge in [-0.25, -0.2) is 0 Å². The number of fused-ring (bicyclic) bond motifs is 1. The van der Waals surface area contributed by atoms with Crippen molar-refractivity contribution in [2.75, 3.05) is 0 Å². The highest BCUT2D eigenvalue weighted by Gasteiger charge is 2.41. The molecule has 10 heteroatoms. The largest absolute Gasteiger partial charge is 0.573 e. The van der Waals surface area contributed by atoms with E-state index in [1.165, 1.54) is 17.0 Å². The third-order valence-corrected chi connectivity index (χ3v) is 4.60. The summed E-state index contributed by atoms with van der Waals surface area (Å²) in [6.07, 6.45) is -9.04. The van der Waals surface area contributed by atoms with E-state index in [4.69, 9.17) is 5.73 Å². The third kappa shape index (κ3) is 4.70. The van der Waals surface area contributed by atoms with Gasteiger partial charge in [0.15, 0.2) is 0 Å². The predicted molar refractivity (Wildman–Crippen MR) is 90.5 cm³/mol. The van der Waals surface area contributed by atoms with Crippen molar-refractivity contribution in [1.29, 1.82) is 0 Å². The highest BCUT2D eigenvalue weighted by Crippen LogP contribution is 2.43. The van der Waals surface area contributed by atoms with Gasteiger partial charge in [0.05, 0.1) is 11.6 Å². The quantitative estimate of drug-likeness (QED) is 0.581. The smallest absolute Gasteiger partial charge is 0.406 e. The van der Waals surface area contributed by atoms with Crippen LogP contribution in [0.5, 0.6) is 5.75 Å². The van der Waals surface area contributed by atoms with E-state index in [2.05, 4.69) is 4.74 Å². The molecule has 0 aliphatic carbocycles. The summed E-state index contributed by atoms with van der Waals surface area (Å²) < 4.78 is 81.1. The summed E-state index contributed by atoms with van der Waals surface area (Å²) in [5.41, 5.74) is 5.67. The average molecular weight is 418 g/mol. The number of carbonyl (C=O) groups is 1. The monoisotopic (exact) mass is 418 g/mol. The Hall–Kier alpha value is -2.59. The maximum absolute atomic E-state index is 13.5. The van der Waals surface area contributed by atoms with Crippen LogP contribution in [0.3, 0.4) is 0 Å². The number of aldehydes is 1. The zero-order valence-electron chi connectivity index (χ0n) is 14.8. The number of hydrogen-bond acceptors (Lipinski definition) is 4. The van der Waals surface area contributed by atoms with Crippen LogP contribution in [-0.4, -0.2) is 17.5 Å². The van der Waals surface area contributed by atoms with Gasteiger partial charge in [0.1, 0.15) is 12.0 Å². The highest BCUT2D eigenvalue weighted by atomic mass is 19.4. The van der Waals surface area contributed by atoms with Gasteiger partial charge in [-0.2, -0.15) is 13.2 Å². The van der Waals surface area contributed by atoms with Crippen molar-refractivity contribution in [1.82, 2.24) is 4.90 Å². The summed E-state index contributed by atoms with van der Waals surface area (Å²) in [4.78, 5) is 13.2. The van der Waals surface area contributed by atoms with Crippen molar-refractivity contribution in [2.24, 2.45) is 5.73 Å². The summed E-state index contributed by atoms with van der Waals surface area (Å²) in [5, 5.41) is 0. The van der Waals surface area contributed by atoms with Gasteiger partial charge >= 0.3 is 12.5 Å². The maximum atomic E-state index is 13.5. The molecule has 1 aliphatic heterocycles. The van der Waals surface area contributed by atoms with Crippen molar-refractivity contribution < 1.29 is 35.9 Å². The van der Waals surface area contributed by atoms with Gasteiger partial charge in [-0.1, -0.05) is 18.2 Å². The van der Waals surface area contributed by atoms with Crippen molar-refractivity contribution in [2.45, 2.75) is 38.2 Å². The van der Waals surface area contributed by atoms with Crippen LogP contribution in [0.25, 0.3) is 0 Å². The van der Waals surface area contributed by atoms with Crippen molar-refractivity contribution in [3.05, 3.63) is 64.2 Å². The van der Waals surface area contributed by atoms with Crippen molar-refractivity contribution >= 4 is 6.29 Å². The maximum Gasteiger partial charge on any atom is 0.573 e. The molecule has 0 spiro atoms. The molecule has 1 heterocycles. The molecule has 156 valence electrons. The number of alkyl halides is 6. The zero-order valence-corrected chi connectivity index (χ0v) is 14.8. The molecule has 2 aromatic carbocycles. The molecule has 1 atom stereocenters. The van der Waals surface area contributed by atoms with Gasteiger partial charge in [0, 0.05) is 19.6 Å². The van der Waals surface area contributed by atoms with E-state index in [1.807, 2.05) is 0 Å². The van der Waals surface area contributed by atoms with Gasteiger partial charge in [0.2, 0.25) is 0 Å². The SMILES string of the molecule is NCc1cc2c(c(C(F)(F)F)c1)C(C=O)N(Cc1ccc(OC(F)(F)F)cc1)C2. The standard InChI is InChI=1S/C19H16F6N2O2/c20-18(21,22)15-6-12(7-26)5-13-9-27(16(10-28)17(13)15)8-11-1-3-14(4-2-11)29-19(23,24)25/h1-6,10,16H,7-9,26H2. The Kier molecular flexibility index (Phi) is 5.59. The Balaban J connectivity index is 1.87. The van der Waals surface area contributed by atoms with E-state index < -0.39 is 29.9 Å². The average Bonchev–Trinajstić information content (AvgIpc) is 2.97. The minimum absolute atomic E-state index is 0.0691. The Morgan fingerprint density at radius 2 is 1.72 bits per heavy atom. The van der Waals surface area contributed by atoms with Crippen molar-refractivity contribution in [3.63, 3.8) is 0 Å². The second kappa shape index (κ2) is 7.68. The van der Waals surface area contributed by atoms with Gasteiger partial charge in [-0.05, 0) is 40.5 Å². The minimum Gasteiger partial charge on any atom is -0.406 e. The summed E-state index contributed by atoms with van der Waals surface area (Å²) in [7, 11) is 0. The molecule has 2 N–H and O–H groups in total. The number of hydrogen-bond donors (Lipinski definition) is 1. The molecular formula is C19H16F6N2O2. The number of carbonyl (C=O) groups excluding carboxylic acids is 1. The molecule has 29 heavy (non-hydrogen) atoms. The van der Waals surface area contributed by atoms with Crippen LogP contribution in [0.4, 0.5) is 26.3 Å². The van der Waals surface area contributed by atoms with Crippen molar-refractivity contribution in [3.8, 4) is 5.75 Å². The van der Waals surface area contributed by atoms with E-state index in [1.54, 1.807) is 6.07 Å². The first kappa shape index (κ1) is 21.1. The van der Waals surface area contributed by atoms with Gasteiger partial charge in [-0.3, -0.25) is 4.90 Å². The van der Waals surface area contributed by atoms with E-state index >= 15 is 0 Å². The predicted octanol–water partition coefficient (Wildman–Crippen LogP) is 4.32. The van der Waals surface area contributed by atoms with E-state index in [-0.39, 0.29) is 25.2 Å². The fourth-order valence-electron chi connectivity index (χ4n) is 3.45. The molecular weight excluding hydrogens is 402 g/mol. The molecule has 0 saturated heterocycles. The van der Waals surface area contributed by atoms with Crippen LogP contribution < -0.4 is 10.5 Å². The van der Waals surface area contributed by atoms with E-state index in [9.17, 15) is 31.1 Å². The molecule has 0 fully saturated rings. The van der Waals surface area contributed by atoms with Crippen LogP contribution in [0.2, 0.25) is 0 Å². The summed E-state index contributed by atoms with van der Waals surface area (Å²) in [6, 6.07) is 6.30. The lowest BCUT2D eigenvalue weighted by Crippen LogP contribution is -2.24.